The van der Waals surface area contributed by atoms with E-state index in [-0.39, 0.29) is 0 Å². The molecule has 0 amide bonds. The van der Waals surface area contributed by atoms with Crippen molar-refractivity contribution in [3.05, 3.63) is 65.7 Å². The lowest BCUT2D eigenvalue weighted by molar-refractivity contribution is -0.160. The van der Waals surface area contributed by atoms with Gasteiger partial charge in [0.25, 0.3) is 0 Å². The number of benzene rings is 2. The van der Waals surface area contributed by atoms with Crippen LogP contribution in [0.15, 0.2) is 54.6 Å². The van der Waals surface area contributed by atoms with Gasteiger partial charge in [-0.3, -0.25) is 4.79 Å². The average Bonchev–Trinajstić information content (AvgIpc) is 2.61. The first-order valence-electron chi connectivity index (χ1n) is 8.07. The van der Waals surface area contributed by atoms with Gasteiger partial charge in [-0.1, -0.05) is 42.5 Å². The summed E-state index contributed by atoms with van der Waals surface area (Å²) < 4.78 is 10.8. The Morgan fingerprint density at radius 2 is 1.71 bits per heavy atom. The Bertz CT molecular complexity index is 647. The highest BCUT2D eigenvalue weighted by Crippen LogP contribution is 2.35. The van der Waals surface area contributed by atoms with Crippen LogP contribution in [0.4, 0.5) is 0 Å². The molecule has 0 spiro atoms. The van der Waals surface area contributed by atoms with Crippen molar-refractivity contribution in [3.8, 4) is 5.75 Å². The van der Waals surface area contributed by atoms with Gasteiger partial charge in [-0.05, 0) is 44.0 Å². The van der Waals surface area contributed by atoms with Gasteiger partial charge in [-0.2, -0.15) is 0 Å². The Morgan fingerprint density at radius 1 is 1.08 bits per heavy atom. The van der Waals surface area contributed by atoms with Crippen molar-refractivity contribution in [1.82, 2.24) is 0 Å². The van der Waals surface area contributed by atoms with Gasteiger partial charge in [-0.15, -0.1) is 0 Å². The number of carbonyl (C=O) groups excluding carboxylic acids is 1. The van der Waals surface area contributed by atoms with Crippen LogP contribution < -0.4 is 4.74 Å². The fourth-order valence-corrected chi connectivity index (χ4v) is 2.33. The molecule has 2 aromatic carbocycles. The largest absolute Gasteiger partial charge is 0.489 e. The number of hydrogen-bond acceptors (Lipinski definition) is 4. The van der Waals surface area contributed by atoms with Gasteiger partial charge >= 0.3 is 5.97 Å². The molecule has 0 saturated carbocycles. The van der Waals surface area contributed by atoms with Crippen molar-refractivity contribution in [2.75, 3.05) is 6.61 Å². The highest BCUT2D eigenvalue weighted by molar-refractivity contribution is 5.77. The van der Waals surface area contributed by atoms with Crippen LogP contribution in [0.2, 0.25) is 0 Å². The molecule has 0 heterocycles. The number of esters is 1. The topological polar surface area (TPSA) is 55.8 Å². The molecular weight excluding hydrogens is 304 g/mol. The number of hydrogen-bond donors (Lipinski definition) is 1. The van der Waals surface area contributed by atoms with Crippen LogP contribution in [-0.2, 0) is 16.1 Å². The molecule has 1 atom stereocenters. The van der Waals surface area contributed by atoms with E-state index >= 15 is 0 Å². The van der Waals surface area contributed by atoms with Crippen LogP contribution in [-0.4, -0.2) is 17.7 Å². The summed E-state index contributed by atoms with van der Waals surface area (Å²) in [7, 11) is 0. The minimum Gasteiger partial charge on any atom is -0.489 e. The maximum absolute atomic E-state index is 12.0. The maximum atomic E-state index is 12.0. The number of aliphatic hydroxyl groups is 1. The lowest BCUT2D eigenvalue weighted by Crippen LogP contribution is -2.33. The number of aliphatic hydroxyl groups excluding tert-OH is 1. The van der Waals surface area contributed by atoms with Crippen LogP contribution in [0, 0.1) is 5.41 Å². The Hall–Kier alpha value is -2.33. The monoisotopic (exact) mass is 328 g/mol. The molecule has 0 fully saturated rings. The molecule has 0 aliphatic rings. The highest BCUT2D eigenvalue weighted by atomic mass is 16.5. The smallest absolute Gasteiger partial charge is 0.314 e. The van der Waals surface area contributed by atoms with E-state index in [9.17, 15) is 9.90 Å². The predicted octanol–water partition coefficient (Wildman–Crippen LogP) is 3.89. The molecule has 0 radical (unpaired) electrons. The summed E-state index contributed by atoms with van der Waals surface area (Å²) in [6.45, 7) is 5.88. The Morgan fingerprint density at radius 3 is 2.29 bits per heavy atom. The first kappa shape index (κ1) is 18.0. The zero-order chi connectivity index (χ0) is 17.6. The second-order valence-corrected chi connectivity index (χ2v) is 6.19. The lowest BCUT2D eigenvalue weighted by Gasteiger charge is -2.28. The van der Waals surface area contributed by atoms with E-state index in [1.165, 1.54) is 0 Å². The average molecular weight is 328 g/mol. The van der Waals surface area contributed by atoms with Gasteiger partial charge < -0.3 is 14.6 Å². The minimum absolute atomic E-state index is 0.293. The molecule has 4 nitrogen and oxygen atoms in total. The van der Waals surface area contributed by atoms with Crippen LogP contribution in [0.25, 0.3) is 0 Å². The first-order chi connectivity index (χ1) is 11.4. The highest BCUT2D eigenvalue weighted by Gasteiger charge is 2.38. The van der Waals surface area contributed by atoms with Crippen molar-refractivity contribution in [2.45, 2.75) is 33.5 Å². The number of rotatable bonds is 7. The van der Waals surface area contributed by atoms with Crippen molar-refractivity contribution in [2.24, 2.45) is 5.41 Å². The van der Waals surface area contributed by atoms with Crippen molar-refractivity contribution in [3.63, 3.8) is 0 Å². The van der Waals surface area contributed by atoms with Gasteiger partial charge in [0.05, 0.1) is 18.1 Å². The third-order valence-electron chi connectivity index (χ3n) is 3.93. The van der Waals surface area contributed by atoms with Gasteiger partial charge in [0, 0.05) is 0 Å². The van der Waals surface area contributed by atoms with Crippen LogP contribution in [0.5, 0.6) is 5.75 Å². The van der Waals surface area contributed by atoms with E-state index < -0.39 is 17.5 Å². The fraction of sp³-hybridized carbons (Fsp3) is 0.350. The molecule has 4 heteroatoms. The first-order valence-corrected chi connectivity index (χ1v) is 8.07. The van der Waals surface area contributed by atoms with E-state index in [1.54, 1.807) is 45.0 Å². The normalized spacial score (nSPS) is 12.5. The summed E-state index contributed by atoms with van der Waals surface area (Å²) in [6, 6.07) is 17.0. The molecule has 2 aromatic rings. The van der Waals surface area contributed by atoms with Crippen molar-refractivity contribution >= 4 is 5.97 Å². The van der Waals surface area contributed by atoms with Gasteiger partial charge in [0.1, 0.15) is 12.4 Å². The number of ether oxygens (including phenoxy) is 2. The van der Waals surface area contributed by atoms with E-state index in [4.69, 9.17) is 9.47 Å². The van der Waals surface area contributed by atoms with Crippen LogP contribution in [0.3, 0.4) is 0 Å². The second kappa shape index (κ2) is 7.97. The summed E-state index contributed by atoms with van der Waals surface area (Å²) in [4.78, 5) is 12.0. The van der Waals surface area contributed by atoms with E-state index in [1.807, 2.05) is 30.3 Å². The van der Waals surface area contributed by atoms with E-state index in [0.717, 1.165) is 5.56 Å². The molecule has 1 N–H and O–H groups in total. The van der Waals surface area contributed by atoms with Crippen molar-refractivity contribution < 1.29 is 19.4 Å². The summed E-state index contributed by atoms with van der Waals surface area (Å²) in [5.74, 6) is 0.297. The maximum Gasteiger partial charge on any atom is 0.314 e. The molecule has 24 heavy (non-hydrogen) atoms. The summed E-state index contributed by atoms with van der Waals surface area (Å²) >= 11 is 0. The molecule has 0 aliphatic carbocycles. The third-order valence-corrected chi connectivity index (χ3v) is 3.93. The lowest BCUT2D eigenvalue weighted by atomic mass is 9.82. The van der Waals surface area contributed by atoms with Crippen LogP contribution >= 0.6 is 0 Å². The van der Waals surface area contributed by atoms with Crippen LogP contribution in [0.1, 0.15) is 38.0 Å². The minimum atomic E-state index is -1.01. The molecule has 0 bridgehead atoms. The van der Waals surface area contributed by atoms with Gasteiger partial charge in [0.15, 0.2) is 0 Å². The summed E-state index contributed by atoms with van der Waals surface area (Å²) in [6.07, 6.45) is -0.945. The molecular formula is C20H24O4. The predicted molar refractivity (Wildman–Crippen MR) is 92.6 cm³/mol. The third kappa shape index (κ3) is 4.36. The quantitative estimate of drug-likeness (QED) is 0.784. The molecule has 2 rings (SSSR count). The van der Waals surface area contributed by atoms with Gasteiger partial charge in [0.2, 0.25) is 0 Å². The fourth-order valence-electron chi connectivity index (χ4n) is 2.33. The molecule has 0 saturated heterocycles. The SMILES string of the molecule is CCOC(=O)C(C)(C)C(O)c1ccc(OCc2ccccc2)cc1. The Labute approximate surface area is 143 Å². The zero-order valence-corrected chi connectivity index (χ0v) is 14.4. The molecule has 0 aromatic heterocycles. The van der Waals surface area contributed by atoms with Gasteiger partial charge in [-0.25, -0.2) is 0 Å². The molecule has 0 aliphatic heterocycles. The molecule has 1 unspecified atom stereocenters. The Kier molecular flexibility index (Phi) is 5.99. The summed E-state index contributed by atoms with van der Waals surface area (Å²) in [5, 5.41) is 10.5. The molecule has 128 valence electrons. The standard InChI is InChI=1S/C20H24O4/c1-4-23-19(22)20(2,3)18(21)16-10-12-17(13-11-16)24-14-15-8-6-5-7-9-15/h5-13,18,21H,4,14H2,1-3H3. The number of carbonyl (C=O) groups is 1. The zero-order valence-electron chi connectivity index (χ0n) is 14.4. The van der Waals surface area contributed by atoms with E-state index in [2.05, 4.69) is 0 Å². The Balaban J connectivity index is 2.01. The van der Waals surface area contributed by atoms with Crippen molar-refractivity contribution in [1.29, 1.82) is 0 Å². The second-order valence-electron chi connectivity index (χ2n) is 6.19. The summed E-state index contributed by atoms with van der Waals surface area (Å²) in [5.41, 5.74) is 0.729. The van der Waals surface area contributed by atoms with E-state index in [0.29, 0.717) is 24.5 Å².